The number of anilines is 1. The first-order valence-corrected chi connectivity index (χ1v) is 12.4. The second-order valence-corrected chi connectivity index (χ2v) is 9.95. The Kier molecular flexibility index (Phi) is 7.44. The van der Waals surface area contributed by atoms with Crippen molar-refractivity contribution in [3.8, 4) is 0 Å². The minimum absolute atomic E-state index is 0.0201. The van der Waals surface area contributed by atoms with Gasteiger partial charge in [0.1, 0.15) is 0 Å². The smallest absolute Gasteiger partial charge is 0.349 e. The Hall–Kier alpha value is -2.63. The van der Waals surface area contributed by atoms with Crippen LogP contribution < -0.4 is 10.9 Å². The second-order valence-electron chi connectivity index (χ2n) is 7.31. The molecule has 4 rings (SSSR count). The molecule has 1 saturated heterocycles. The predicted octanol–water partition coefficient (Wildman–Crippen LogP) is 5.13. The fourth-order valence-corrected chi connectivity index (χ4v) is 5.24. The average molecular weight is 527 g/mol. The zero-order valence-electron chi connectivity index (χ0n) is 17.5. The number of carbonyl (C=O) groups is 2. The molecule has 6 nitrogen and oxygen atoms in total. The summed E-state index contributed by atoms with van der Waals surface area (Å²) in [5.41, 5.74) is 4.66. The van der Waals surface area contributed by atoms with E-state index >= 15 is 0 Å². The molecule has 0 saturated carbocycles. The lowest BCUT2D eigenvalue weighted by Crippen LogP contribution is -2.35. The third kappa shape index (κ3) is 5.89. The van der Waals surface area contributed by atoms with Crippen LogP contribution in [-0.2, 0) is 11.0 Å². The van der Waals surface area contributed by atoms with Crippen LogP contribution >= 0.6 is 35.1 Å². The summed E-state index contributed by atoms with van der Waals surface area (Å²) in [6, 6.07) is 9.27. The zero-order chi connectivity index (χ0) is 24.3. The summed E-state index contributed by atoms with van der Waals surface area (Å²) in [6.07, 6.45) is -2.88. The van der Waals surface area contributed by atoms with Gasteiger partial charge in [-0.25, -0.2) is 0 Å². The Bertz CT molecular complexity index is 1180. The molecule has 0 aromatic heterocycles. The summed E-state index contributed by atoms with van der Waals surface area (Å²) in [5, 5.41) is 0.708. The lowest BCUT2D eigenvalue weighted by atomic mass is 10.1. The Balaban J connectivity index is 1.43. The predicted molar refractivity (Wildman–Crippen MR) is 131 cm³/mol. The van der Waals surface area contributed by atoms with Crippen LogP contribution in [0.4, 0.5) is 18.9 Å². The maximum atomic E-state index is 12.9. The number of halogens is 4. The van der Waals surface area contributed by atoms with Crippen LogP contribution in [0.1, 0.15) is 21.5 Å². The van der Waals surface area contributed by atoms with E-state index in [0.717, 1.165) is 42.8 Å². The maximum absolute atomic E-state index is 12.9. The topological polar surface area (TPSA) is 73.8 Å². The van der Waals surface area contributed by atoms with Crippen LogP contribution in [0.3, 0.4) is 0 Å². The van der Waals surface area contributed by atoms with Crippen molar-refractivity contribution < 1.29 is 22.8 Å². The van der Waals surface area contributed by atoms with Gasteiger partial charge in [-0.05, 0) is 53.7 Å². The molecule has 2 heterocycles. The van der Waals surface area contributed by atoms with Gasteiger partial charge in [-0.15, -0.1) is 0 Å². The third-order valence-electron chi connectivity index (χ3n) is 4.94. The van der Waals surface area contributed by atoms with Crippen molar-refractivity contribution in [3.63, 3.8) is 0 Å². The minimum Gasteiger partial charge on any atom is -0.349 e. The number of hydrazine groups is 1. The molecule has 2 aromatic rings. The quantitative estimate of drug-likeness (QED) is 0.425. The van der Waals surface area contributed by atoms with Crippen LogP contribution in [0.15, 0.2) is 52.4 Å². The van der Waals surface area contributed by atoms with E-state index in [1.54, 1.807) is 30.3 Å². The van der Waals surface area contributed by atoms with E-state index in [4.69, 9.17) is 11.6 Å². The van der Waals surface area contributed by atoms with Gasteiger partial charge in [0.2, 0.25) is 0 Å². The standard InChI is InChI=1S/C22H18ClF3N4O2S2/c23-16-5-4-15(22(24,25)26)12-17(16)28-29-19(31)14-3-1-2-13(10-14)11-18-20(32)27-21(34-18)30-6-8-33-9-7-30/h1-5,10-12,28H,6-9H2,(H,29,31)/b18-11+. The van der Waals surface area contributed by atoms with Crippen LogP contribution in [0.2, 0.25) is 5.02 Å². The average Bonchev–Trinajstić information content (AvgIpc) is 3.18. The van der Waals surface area contributed by atoms with Crippen LogP contribution in [0.5, 0.6) is 0 Å². The summed E-state index contributed by atoms with van der Waals surface area (Å²) in [7, 11) is 0. The van der Waals surface area contributed by atoms with Crippen molar-refractivity contribution in [2.45, 2.75) is 6.18 Å². The lowest BCUT2D eigenvalue weighted by molar-refractivity contribution is -0.137. The summed E-state index contributed by atoms with van der Waals surface area (Å²) in [6.45, 7) is 1.69. The van der Waals surface area contributed by atoms with Gasteiger partial charge in [-0.1, -0.05) is 23.7 Å². The number of aliphatic imine (C=N–C) groups is 1. The molecule has 34 heavy (non-hydrogen) atoms. The Morgan fingerprint density at radius 1 is 1.15 bits per heavy atom. The van der Waals surface area contributed by atoms with Crippen molar-refractivity contribution in [2.24, 2.45) is 4.99 Å². The number of alkyl halides is 3. The maximum Gasteiger partial charge on any atom is 0.416 e. The molecule has 1 fully saturated rings. The number of hydrogen-bond donors (Lipinski definition) is 2. The molecule has 2 aliphatic rings. The summed E-state index contributed by atoms with van der Waals surface area (Å²) in [4.78, 5) is 31.6. The summed E-state index contributed by atoms with van der Waals surface area (Å²) >= 11 is 9.11. The van der Waals surface area contributed by atoms with E-state index in [1.807, 2.05) is 11.8 Å². The lowest BCUT2D eigenvalue weighted by Gasteiger charge is -2.26. The van der Waals surface area contributed by atoms with Crippen LogP contribution in [0.25, 0.3) is 6.08 Å². The molecule has 0 bridgehead atoms. The highest BCUT2D eigenvalue weighted by Gasteiger charge is 2.31. The molecule has 2 N–H and O–H groups in total. The largest absolute Gasteiger partial charge is 0.416 e. The highest BCUT2D eigenvalue weighted by atomic mass is 35.5. The van der Waals surface area contributed by atoms with E-state index in [-0.39, 0.29) is 22.2 Å². The molecule has 0 aliphatic carbocycles. The number of benzene rings is 2. The number of hydrogen-bond acceptors (Lipinski definition) is 6. The van der Waals surface area contributed by atoms with E-state index < -0.39 is 17.6 Å². The van der Waals surface area contributed by atoms with Crippen molar-refractivity contribution in [3.05, 3.63) is 69.1 Å². The number of thioether (sulfide) groups is 2. The van der Waals surface area contributed by atoms with Gasteiger partial charge < -0.3 is 4.90 Å². The minimum atomic E-state index is -4.54. The number of nitrogens with zero attached hydrogens (tertiary/aromatic N) is 2. The van der Waals surface area contributed by atoms with Gasteiger partial charge >= 0.3 is 6.18 Å². The van der Waals surface area contributed by atoms with Crippen molar-refractivity contribution in [1.82, 2.24) is 10.3 Å². The van der Waals surface area contributed by atoms with Crippen molar-refractivity contribution in [1.29, 1.82) is 0 Å². The fourth-order valence-electron chi connectivity index (χ4n) is 3.20. The molecule has 2 aromatic carbocycles. The monoisotopic (exact) mass is 526 g/mol. The van der Waals surface area contributed by atoms with E-state index in [9.17, 15) is 22.8 Å². The third-order valence-corrected chi connectivity index (χ3v) is 7.26. The van der Waals surface area contributed by atoms with E-state index in [0.29, 0.717) is 15.6 Å². The summed E-state index contributed by atoms with van der Waals surface area (Å²) in [5.74, 6) is 1.07. The zero-order valence-corrected chi connectivity index (χ0v) is 19.9. The highest BCUT2D eigenvalue weighted by molar-refractivity contribution is 8.18. The van der Waals surface area contributed by atoms with Gasteiger partial charge in [-0.2, -0.15) is 29.9 Å². The van der Waals surface area contributed by atoms with Gasteiger partial charge in [0.15, 0.2) is 5.17 Å². The molecule has 178 valence electrons. The molecule has 2 aliphatic heterocycles. The Morgan fingerprint density at radius 2 is 1.91 bits per heavy atom. The number of amidine groups is 1. The number of amides is 2. The molecule has 12 heteroatoms. The molecule has 2 amide bonds. The SMILES string of the molecule is O=C1N=C(N2CCSCC2)S/C1=C/c1cccc(C(=O)NNc2cc(C(F)(F)F)ccc2Cl)c1. The van der Waals surface area contributed by atoms with Gasteiger partial charge in [0, 0.05) is 30.2 Å². The first-order chi connectivity index (χ1) is 16.2. The first-order valence-electron chi connectivity index (χ1n) is 10.1. The number of nitrogens with one attached hydrogen (secondary N) is 2. The van der Waals surface area contributed by atoms with E-state index in [1.165, 1.54) is 11.8 Å². The molecular formula is C22H18ClF3N4O2S2. The molecular weight excluding hydrogens is 509 g/mol. The fraction of sp³-hybridized carbons (Fsp3) is 0.227. The van der Waals surface area contributed by atoms with Gasteiger partial charge in [0.25, 0.3) is 11.8 Å². The van der Waals surface area contributed by atoms with Gasteiger partial charge in [-0.3, -0.25) is 20.4 Å². The molecule has 0 unspecified atom stereocenters. The normalized spacial score (nSPS) is 17.6. The second kappa shape index (κ2) is 10.3. The van der Waals surface area contributed by atoms with Crippen molar-refractivity contribution in [2.75, 3.05) is 30.0 Å². The highest BCUT2D eigenvalue weighted by Crippen LogP contribution is 2.34. The first kappa shape index (κ1) is 24.5. The molecule has 0 atom stereocenters. The molecule has 0 radical (unpaired) electrons. The van der Waals surface area contributed by atoms with Crippen LogP contribution in [-0.4, -0.2) is 46.5 Å². The Morgan fingerprint density at radius 3 is 2.65 bits per heavy atom. The summed E-state index contributed by atoms with van der Waals surface area (Å²) < 4.78 is 38.8. The van der Waals surface area contributed by atoms with Crippen LogP contribution in [0, 0.1) is 0 Å². The van der Waals surface area contributed by atoms with Crippen molar-refractivity contribution >= 4 is 63.9 Å². The Labute approximate surface area is 207 Å². The number of rotatable bonds is 4. The van der Waals surface area contributed by atoms with E-state index in [2.05, 4.69) is 20.7 Å². The number of carbonyl (C=O) groups excluding carboxylic acids is 2. The molecule has 0 spiro atoms. The van der Waals surface area contributed by atoms with Gasteiger partial charge in [0.05, 0.1) is 21.2 Å².